The molecule has 5 heteroatoms. The Bertz CT molecular complexity index is 550. The molecule has 5 nitrogen and oxygen atoms in total. The lowest BCUT2D eigenvalue weighted by atomic mass is 9.93. The van der Waals surface area contributed by atoms with Gasteiger partial charge in [-0.1, -0.05) is 0 Å². The highest BCUT2D eigenvalue weighted by atomic mass is 16.3. The largest absolute Gasteiger partial charge is 0.469 e. The second-order valence-electron chi connectivity index (χ2n) is 7.19. The standard InChI is InChI=1S/C18H27N3O2/c22-18(19-16-6-3-7-17-15(16)8-12-23-17)21-11-4-5-14(21)13-20-9-1-2-10-20/h8,12,14,16H,1-7,9-11,13H2,(H,19,22)/t14-,16+/m1/s1. The average Bonchev–Trinajstić information content (AvgIpc) is 3.29. The molecular formula is C18H27N3O2. The molecule has 1 aliphatic carbocycles. The fraction of sp³-hybridized carbons (Fsp3) is 0.722. The summed E-state index contributed by atoms with van der Waals surface area (Å²) in [6.07, 6.45) is 9.75. The zero-order chi connectivity index (χ0) is 15.6. The molecule has 0 radical (unpaired) electrons. The summed E-state index contributed by atoms with van der Waals surface area (Å²) in [5, 5.41) is 3.27. The molecule has 4 rings (SSSR count). The second-order valence-corrected chi connectivity index (χ2v) is 7.19. The van der Waals surface area contributed by atoms with Crippen molar-refractivity contribution in [3.63, 3.8) is 0 Å². The molecule has 2 saturated heterocycles. The minimum Gasteiger partial charge on any atom is -0.469 e. The molecule has 3 heterocycles. The van der Waals surface area contributed by atoms with Crippen LogP contribution < -0.4 is 5.32 Å². The summed E-state index contributed by atoms with van der Waals surface area (Å²) in [6.45, 7) is 4.35. The summed E-state index contributed by atoms with van der Waals surface area (Å²) in [6, 6.07) is 2.65. The van der Waals surface area contributed by atoms with Crippen LogP contribution in [-0.4, -0.2) is 48.1 Å². The van der Waals surface area contributed by atoms with Crippen LogP contribution >= 0.6 is 0 Å². The number of furan rings is 1. The number of carbonyl (C=O) groups excluding carboxylic acids is 1. The van der Waals surface area contributed by atoms with Crippen molar-refractivity contribution in [2.24, 2.45) is 0 Å². The molecule has 1 N–H and O–H groups in total. The van der Waals surface area contributed by atoms with E-state index in [-0.39, 0.29) is 12.1 Å². The number of aryl methyl sites for hydroxylation is 1. The summed E-state index contributed by atoms with van der Waals surface area (Å²) < 4.78 is 5.53. The number of nitrogens with zero attached hydrogens (tertiary/aromatic N) is 2. The van der Waals surface area contributed by atoms with Gasteiger partial charge in [0.1, 0.15) is 5.76 Å². The van der Waals surface area contributed by atoms with Crippen molar-refractivity contribution in [1.82, 2.24) is 15.1 Å². The summed E-state index contributed by atoms with van der Waals surface area (Å²) in [5.74, 6) is 1.05. The second kappa shape index (κ2) is 6.56. The molecule has 1 aromatic heterocycles. The molecule has 2 atom stereocenters. The molecule has 0 bridgehead atoms. The fourth-order valence-electron chi connectivity index (χ4n) is 4.42. The van der Waals surface area contributed by atoms with Gasteiger partial charge in [-0.15, -0.1) is 0 Å². The number of urea groups is 1. The Morgan fingerprint density at radius 1 is 1.17 bits per heavy atom. The van der Waals surface area contributed by atoms with Crippen molar-refractivity contribution < 1.29 is 9.21 Å². The number of rotatable bonds is 3. The van der Waals surface area contributed by atoms with E-state index in [9.17, 15) is 4.79 Å². The Hall–Kier alpha value is -1.49. The van der Waals surface area contributed by atoms with Crippen molar-refractivity contribution in [3.8, 4) is 0 Å². The lowest BCUT2D eigenvalue weighted by Crippen LogP contribution is -2.48. The van der Waals surface area contributed by atoms with Crippen LogP contribution in [-0.2, 0) is 6.42 Å². The first-order valence-corrected chi connectivity index (χ1v) is 9.17. The predicted octanol–water partition coefficient (Wildman–Crippen LogP) is 2.93. The van der Waals surface area contributed by atoms with Gasteiger partial charge in [0.25, 0.3) is 0 Å². The van der Waals surface area contributed by atoms with Gasteiger partial charge in [-0.2, -0.15) is 0 Å². The molecule has 23 heavy (non-hydrogen) atoms. The van der Waals surface area contributed by atoms with Gasteiger partial charge in [-0.05, 0) is 57.7 Å². The third-order valence-corrected chi connectivity index (χ3v) is 5.66. The minimum atomic E-state index is 0.116. The molecule has 2 fully saturated rings. The molecule has 0 aromatic carbocycles. The average molecular weight is 317 g/mol. The topological polar surface area (TPSA) is 48.7 Å². The van der Waals surface area contributed by atoms with Crippen LogP contribution in [0, 0.1) is 0 Å². The maximum atomic E-state index is 12.8. The number of hydrogen-bond acceptors (Lipinski definition) is 3. The number of fused-ring (bicyclic) bond motifs is 1. The summed E-state index contributed by atoms with van der Waals surface area (Å²) >= 11 is 0. The third kappa shape index (κ3) is 3.11. The van der Waals surface area contributed by atoms with E-state index in [1.54, 1.807) is 6.26 Å². The van der Waals surface area contributed by atoms with Crippen molar-refractivity contribution in [1.29, 1.82) is 0 Å². The van der Waals surface area contributed by atoms with E-state index in [4.69, 9.17) is 4.42 Å². The van der Waals surface area contributed by atoms with Crippen molar-refractivity contribution in [3.05, 3.63) is 23.7 Å². The fourth-order valence-corrected chi connectivity index (χ4v) is 4.42. The van der Waals surface area contributed by atoms with Crippen LogP contribution in [0.3, 0.4) is 0 Å². The van der Waals surface area contributed by atoms with Gasteiger partial charge in [0, 0.05) is 31.1 Å². The SMILES string of the molecule is O=C(N[C@H]1CCCc2occc21)N1CCC[C@@H]1CN1CCCC1. The van der Waals surface area contributed by atoms with Crippen LogP contribution in [0.25, 0.3) is 0 Å². The Morgan fingerprint density at radius 3 is 2.91 bits per heavy atom. The number of hydrogen-bond donors (Lipinski definition) is 1. The minimum absolute atomic E-state index is 0.116. The molecule has 2 aliphatic heterocycles. The Labute approximate surface area is 138 Å². The Kier molecular flexibility index (Phi) is 4.29. The Balaban J connectivity index is 1.38. The van der Waals surface area contributed by atoms with Crippen LogP contribution in [0.2, 0.25) is 0 Å². The summed E-state index contributed by atoms with van der Waals surface area (Å²) in [7, 11) is 0. The van der Waals surface area contributed by atoms with Gasteiger partial charge in [0.2, 0.25) is 0 Å². The summed E-state index contributed by atoms with van der Waals surface area (Å²) in [5.41, 5.74) is 1.18. The van der Waals surface area contributed by atoms with Gasteiger partial charge in [-0.25, -0.2) is 4.79 Å². The van der Waals surface area contributed by atoms with Gasteiger partial charge in [0.15, 0.2) is 0 Å². The van der Waals surface area contributed by atoms with Crippen molar-refractivity contribution in [2.75, 3.05) is 26.2 Å². The number of carbonyl (C=O) groups is 1. The molecule has 0 saturated carbocycles. The first kappa shape index (κ1) is 15.1. The smallest absolute Gasteiger partial charge is 0.318 e. The highest BCUT2D eigenvalue weighted by Gasteiger charge is 2.33. The zero-order valence-corrected chi connectivity index (χ0v) is 13.8. The maximum Gasteiger partial charge on any atom is 0.318 e. The highest BCUT2D eigenvalue weighted by Crippen LogP contribution is 2.31. The predicted molar refractivity (Wildman–Crippen MR) is 88.3 cm³/mol. The van der Waals surface area contributed by atoms with E-state index in [1.807, 2.05) is 6.07 Å². The van der Waals surface area contributed by atoms with Crippen LogP contribution in [0.5, 0.6) is 0 Å². The molecule has 126 valence electrons. The number of nitrogens with one attached hydrogen (secondary N) is 1. The zero-order valence-electron chi connectivity index (χ0n) is 13.8. The Morgan fingerprint density at radius 2 is 2.04 bits per heavy atom. The van der Waals surface area contributed by atoms with Gasteiger partial charge in [0.05, 0.1) is 12.3 Å². The van der Waals surface area contributed by atoms with Crippen LogP contribution in [0.4, 0.5) is 4.79 Å². The van der Waals surface area contributed by atoms with Gasteiger partial charge in [-0.3, -0.25) is 0 Å². The first-order chi connectivity index (χ1) is 11.3. The van der Waals surface area contributed by atoms with E-state index in [0.29, 0.717) is 6.04 Å². The van der Waals surface area contributed by atoms with Crippen LogP contribution in [0.1, 0.15) is 55.9 Å². The first-order valence-electron chi connectivity index (χ1n) is 9.17. The van der Waals surface area contributed by atoms with E-state index >= 15 is 0 Å². The van der Waals surface area contributed by atoms with E-state index in [2.05, 4.69) is 15.1 Å². The van der Waals surface area contributed by atoms with Gasteiger partial charge < -0.3 is 19.5 Å². The molecular weight excluding hydrogens is 290 g/mol. The van der Waals surface area contributed by atoms with E-state index in [0.717, 1.165) is 51.0 Å². The molecule has 3 aliphatic rings. The van der Waals surface area contributed by atoms with Gasteiger partial charge >= 0.3 is 6.03 Å². The normalized spacial score (nSPS) is 28.1. The number of likely N-dealkylation sites (tertiary alicyclic amines) is 2. The highest BCUT2D eigenvalue weighted by molar-refractivity contribution is 5.75. The third-order valence-electron chi connectivity index (χ3n) is 5.66. The monoisotopic (exact) mass is 317 g/mol. The van der Waals surface area contributed by atoms with E-state index < -0.39 is 0 Å². The van der Waals surface area contributed by atoms with Crippen LogP contribution in [0.15, 0.2) is 16.7 Å². The number of amides is 2. The van der Waals surface area contributed by atoms with Crippen molar-refractivity contribution in [2.45, 2.75) is 57.0 Å². The molecule has 2 amide bonds. The lowest BCUT2D eigenvalue weighted by Gasteiger charge is -2.31. The molecule has 0 unspecified atom stereocenters. The van der Waals surface area contributed by atoms with Crippen molar-refractivity contribution >= 4 is 6.03 Å². The quantitative estimate of drug-likeness (QED) is 0.932. The summed E-state index contributed by atoms with van der Waals surface area (Å²) in [4.78, 5) is 17.4. The molecule has 1 aromatic rings. The molecule has 0 spiro atoms. The maximum absolute atomic E-state index is 12.8. The lowest BCUT2D eigenvalue weighted by molar-refractivity contribution is 0.170. The van der Waals surface area contributed by atoms with E-state index in [1.165, 1.54) is 31.5 Å².